The maximum absolute atomic E-state index is 12.9. The van der Waals surface area contributed by atoms with Crippen LogP contribution in [-0.2, 0) is 16.1 Å². The van der Waals surface area contributed by atoms with Gasteiger partial charge in [0.2, 0.25) is 5.91 Å². The third-order valence-corrected chi connectivity index (χ3v) is 4.54. The van der Waals surface area contributed by atoms with Gasteiger partial charge in [-0.1, -0.05) is 17.9 Å². The molecule has 0 radical (unpaired) electrons. The highest BCUT2D eigenvalue weighted by Crippen LogP contribution is 2.30. The van der Waals surface area contributed by atoms with E-state index in [4.69, 9.17) is 5.73 Å². The second-order valence-corrected chi connectivity index (χ2v) is 6.28. The predicted octanol–water partition coefficient (Wildman–Crippen LogP) is 1.13. The van der Waals surface area contributed by atoms with Crippen LogP contribution < -0.4 is 11.1 Å². The summed E-state index contributed by atoms with van der Waals surface area (Å²) >= 11 is 0. The highest BCUT2D eigenvalue weighted by molar-refractivity contribution is 6.02. The van der Waals surface area contributed by atoms with Crippen LogP contribution in [0.1, 0.15) is 52.7 Å². The summed E-state index contributed by atoms with van der Waals surface area (Å²) in [5.74, 6) is 5.83. The Kier molecular flexibility index (Phi) is 6.93. The fraction of sp³-hybridized carbons (Fsp3) is 0.450. The summed E-state index contributed by atoms with van der Waals surface area (Å²) in [6, 6.07) is 3.01. The Morgan fingerprint density at radius 3 is 2.88 bits per heavy atom. The van der Waals surface area contributed by atoms with Gasteiger partial charge in [0.15, 0.2) is 0 Å². The molecule has 2 rings (SSSR count). The van der Waals surface area contributed by atoms with E-state index in [-0.39, 0.29) is 18.2 Å². The summed E-state index contributed by atoms with van der Waals surface area (Å²) in [5.41, 5.74) is 8.79. The van der Waals surface area contributed by atoms with Crippen molar-refractivity contribution in [1.29, 1.82) is 0 Å². The van der Waals surface area contributed by atoms with Gasteiger partial charge in [-0.15, -0.1) is 0 Å². The standard InChI is InChI=1S/C20H25N3O3/c1-14-9-10-16-17(15(14)7-4-3-5-11-21)13-23(20(16)26)18(8-6-12-24)19(25)22-2/h9-10,12,18H,3,5-6,8,11,13,21H2,1-2H3,(H,22,25). The fourth-order valence-corrected chi connectivity index (χ4v) is 3.11. The van der Waals surface area contributed by atoms with E-state index < -0.39 is 6.04 Å². The van der Waals surface area contributed by atoms with Gasteiger partial charge in [0.1, 0.15) is 12.3 Å². The molecule has 1 atom stereocenters. The van der Waals surface area contributed by atoms with Crippen molar-refractivity contribution in [3.63, 3.8) is 0 Å². The summed E-state index contributed by atoms with van der Waals surface area (Å²) in [6.07, 6.45) is 2.83. The van der Waals surface area contributed by atoms with Gasteiger partial charge in [0.05, 0.1) is 0 Å². The zero-order valence-corrected chi connectivity index (χ0v) is 15.3. The van der Waals surface area contributed by atoms with Gasteiger partial charge in [-0.05, 0) is 37.9 Å². The van der Waals surface area contributed by atoms with E-state index in [0.717, 1.165) is 29.4 Å². The van der Waals surface area contributed by atoms with Crippen molar-refractivity contribution in [3.05, 3.63) is 34.4 Å². The lowest BCUT2D eigenvalue weighted by Crippen LogP contribution is -2.46. The van der Waals surface area contributed by atoms with E-state index in [2.05, 4.69) is 17.2 Å². The number of carbonyl (C=O) groups is 3. The number of likely N-dealkylation sites (N-methyl/N-ethyl adjacent to an activating group) is 1. The van der Waals surface area contributed by atoms with Crippen LogP contribution in [0.2, 0.25) is 0 Å². The van der Waals surface area contributed by atoms with E-state index in [0.29, 0.717) is 31.5 Å². The Morgan fingerprint density at radius 1 is 1.46 bits per heavy atom. The zero-order valence-electron chi connectivity index (χ0n) is 15.3. The van der Waals surface area contributed by atoms with Crippen molar-refractivity contribution in [3.8, 4) is 11.8 Å². The molecule has 138 valence electrons. The average Bonchev–Trinajstić information content (AvgIpc) is 2.97. The topological polar surface area (TPSA) is 92.5 Å². The number of nitrogens with two attached hydrogens (primary N) is 1. The fourth-order valence-electron chi connectivity index (χ4n) is 3.11. The molecule has 6 nitrogen and oxygen atoms in total. The molecule has 0 aromatic heterocycles. The van der Waals surface area contributed by atoms with Gasteiger partial charge in [-0.3, -0.25) is 9.59 Å². The third-order valence-electron chi connectivity index (χ3n) is 4.54. The van der Waals surface area contributed by atoms with Crippen molar-refractivity contribution in [2.45, 2.75) is 45.2 Å². The Morgan fingerprint density at radius 2 is 2.23 bits per heavy atom. The summed E-state index contributed by atoms with van der Waals surface area (Å²) in [5, 5.41) is 2.58. The smallest absolute Gasteiger partial charge is 0.255 e. The molecule has 1 aromatic rings. The molecule has 1 aliphatic heterocycles. The van der Waals surface area contributed by atoms with Crippen LogP contribution in [0.3, 0.4) is 0 Å². The number of carbonyl (C=O) groups excluding carboxylic acids is 3. The van der Waals surface area contributed by atoms with Crippen molar-refractivity contribution < 1.29 is 14.4 Å². The second kappa shape index (κ2) is 9.16. The largest absolute Gasteiger partial charge is 0.357 e. The number of hydrogen-bond donors (Lipinski definition) is 2. The highest BCUT2D eigenvalue weighted by atomic mass is 16.2. The molecule has 3 N–H and O–H groups in total. The zero-order chi connectivity index (χ0) is 19.1. The summed E-state index contributed by atoms with van der Waals surface area (Å²) in [6.45, 7) is 2.88. The number of unbranched alkanes of at least 4 members (excludes halogenated alkanes) is 1. The number of nitrogens with one attached hydrogen (secondary N) is 1. The van der Waals surface area contributed by atoms with E-state index in [1.165, 1.54) is 11.9 Å². The van der Waals surface area contributed by atoms with Crippen molar-refractivity contribution in [2.75, 3.05) is 13.6 Å². The number of nitrogens with zero attached hydrogens (tertiary/aromatic N) is 1. The van der Waals surface area contributed by atoms with Gasteiger partial charge in [0, 0.05) is 43.1 Å². The maximum Gasteiger partial charge on any atom is 0.255 e. The highest BCUT2D eigenvalue weighted by Gasteiger charge is 2.37. The van der Waals surface area contributed by atoms with Gasteiger partial charge >= 0.3 is 0 Å². The first-order valence-electron chi connectivity index (χ1n) is 8.82. The Balaban J connectivity index is 2.35. The SMILES string of the molecule is CNC(=O)C(CCC=O)N1Cc2c(ccc(C)c2C#CCCCN)C1=O. The van der Waals surface area contributed by atoms with Gasteiger partial charge < -0.3 is 20.7 Å². The molecule has 0 bridgehead atoms. The van der Waals surface area contributed by atoms with Crippen molar-refractivity contribution >= 4 is 18.1 Å². The first kappa shape index (κ1) is 19.7. The minimum Gasteiger partial charge on any atom is -0.357 e. The lowest BCUT2D eigenvalue weighted by molar-refractivity contribution is -0.125. The Labute approximate surface area is 154 Å². The lowest BCUT2D eigenvalue weighted by Gasteiger charge is -2.25. The third kappa shape index (κ3) is 4.12. The molecule has 26 heavy (non-hydrogen) atoms. The number of aryl methyl sites for hydroxylation is 1. The monoisotopic (exact) mass is 355 g/mol. The number of fused-ring (bicyclic) bond motifs is 1. The van der Waals surface area contributed by atoms with Crippen LogP contribution in [0.4, 0.5) is 0 Å². The maximum atomic E-state index is 12.9. The Hall–Kier alpha value is -2.65. The molecule has 1 aromatic carbocycles. The molecule has 0 fully saturated rings. The molecule has 1 aliphatic rings. The molecular weight excluding hydrogens is 330 g/mol. The molecule has 2 amide bonds. The van der Waals surface area contributed by atoms with Gasteiger partial charge in [-0.2, -0.15) is 0 Å². The Bertz CT molecular complexity index is 762. The van der Waals surface area contributed by atoms with Crippen LogP contribution in [0.25, 0.3) is 0 Å². The van der Waals surface area contributed by atoms with Crippen LogP contribution >= 0.6 is 0 Å². The summed E-state index contributed by atoms with van der Waals surface area (Å²) < 4.78 is 0. The predicted molar refractivity (Wildman–Crippen MR) is 99.4 cm³/mol. The van der Waals surface area contributed by atoms with Gasteiger partial charge in [0.25, 0.3) is 5.91 Å². The first-order valence-corrected chi connectivity index (χ1v) is 8.82. The lowest BCUT2D eigenvalue weighted by atomic mass is 9.98. The molecule has 0 spiro atoms. The molecule has 1 heterocycles. The number of aldehydes is 1. The minimum atomic E-state index is -0.663. The molecule has 6 heteroatoms. The van der Waals surface area contributed by atoms with E-state index in [1.54, 1.807) is 6.07 Å². The van der Waals surface area contributed by atoms with Gasteiger partial charge in [-0.25, -0.2) is 0 Å². The first-order chi connectivity index (χ1) is 12.5. The van der Waals surface area contributed by atoms with Crippen LogP contribution in [0.15, 0.2) is 12.1 Å². The van der Waals surface area contributed by atoms with Crippen LogP contribution in [-0.4, -0.2) is 42.6 Å². The van der Waals surface area contributed by atoms with E-state index >= 15 is 0 Å². The second-order valence-electron chi connectivity index (χ2n) is 6.28. The average molecular weight is 355 g/mol. The normalized spacial score (nSPS) is 13.7. The summed E-state index contributed by atoms with van der Waals surface area (Å²) in [4.78, 5) is 37.4. The van der Waals surface area contributed by atoms with Crippen molar-refractivity contribution in [1.82, 2.24) is 10.2 Å². The molecule has 1 unspecified atom stereocenters. The molecule has 0 saturated heterocycles. The van der Waals surface area contributed by atoms with E-state index in [1.807, 2.05) is 13.0 Å². The van der Waals surface area contributed by atoms with Crippen molar-refractivity contribution in [2.24, 2.45) is 5.73 Å². The molecular formula is C20H25N3O3. The number of hydrogen-bond acceptors (Lipinski definition) is 4. The van der Waals surface area contributed by atoms with Crippen LogP contribution in [0, 0.1) is 18.8 Å². The molecule has 0 saturated carbocycles. The van der Waals surface area contributed by atoms with E-state index in [9.17, 15) is 14.4 Å². The van der Waals surface area contributed by atoms with Crippen LogP contribution in [0.5, 0.6) is 0 Å². The number of rotatable bonds is 7. The summed E-state index contributed by atoms with van der Waals surface area (Å²) in [7, 11) is 1.53. The number of amides is 2. The number of benzene rings is 1. The minimum absolute atomic E-state index is 0.190. The quantitative estimate of drug-likeness (QED) is 0.436. The molecule has 0 aliphatic carbocycles.